The monoisotopic (exact) mass is 271 g/mol. The van der Waals surface area contributed by atoms with E-state index in [1.165, 1.54) is 10.9 Å². The number of aromatic nitrogens is 2. The maximum Gasteiger partial charge on any atom is 0.262 e. The van der Waals surface area contributed by atoms with Crippen molar-refractivity contribution in [2.24, 2.45) is 0 Å². The number of piperidine rings is 1. The van der Waals surface area contributed by atoms with Crippen LogP contribution < -0.4 is 10.9 Å². The molecule has 0 radical (unpaired) electrons. The van der Waals surface area contributed by atoms with E-state index < -0.39 is 11.9 Å². The highest BCUT2D eigenvalue weighted by Crippen LogP contribution is 2.18. The summed E-state index contributed by atoms with van der Waals surface area (Å²) in [6.07, 6.45) is 1.93. The molecule has 20 heavy (non-hydrogen) atoms. The second-order valence-electron chi connectivity index (χ2n) is 4.89. The van der Waals surface area contributed by atoms with Gasteiger partial charge in [-0.1, -0.05) is 12.1 Å². The van der Waals surface area contributed by atoms with E-state index in [1.807, 2.05) is 19.1 Å². The third-order valence-corrected chi connectivity index (χ3v) is 3.57. The number of nitrogens with one attached hydrogen (secondary N) is 1. The van der Waals surface area contributed by atoms with Crippen LogP contribution >= 0.6 is 0 Å². The Balaban J connectivity index is 2.16. The van der Waals surface area contributed by atoms with Crippen molar-refractivity contribution in [3.05, 3.63) is 40.4 Å². The molecule has 1 fully saturated rings. The van der Waals surface area contributed by atoms with Crippen molar-refractivity contribution in [3.63, 3.8) is 0 Å². The Morgan fingerprint density at radius 3 is 2.85 bits per heavy atom. The average Bonchev–Trinajstić information content (AvgIpc) is 2.40. The first-order valence-electron chi connectivity index (χ1n) is 6.38. The van der Waals surface area contributed by atoms with Gasteiger partial charge in [0.25, 0.3) is 5.56 Å². The Labute approximate surface area is 114 Å². The van der Waals surface area contributed by atoms with E-state index in [0.717, 1.165) is 5.56 Å². The van der Waals surface area contributed by atoms with Gasteiger partial charge >= 0.3 is 0 Å². The molecule has 1 N–H and O–H groups in total. The van der Waals surface area contributed by atoms with Gasteiger partial charge in [0.05, 0.1) is 17.2 Å². The number of carbonyl (C=O) groups excluding carboxylic acids is 2. The largest absolute Gasteiger partial charge is 0.295 e. The molecule has 6 heteroatoms. The maximum atomic E-state index is 12.5. The lowest BCUT2D eigenvalue weighted by molar-refractivity contribution is -0.135. The summed E-state index contributed by atoms with van der Waals surface area (Å²) in [6, 6.07) is 4.76. The van der Waals surface area contributed by atoms with E-state index >= 15 is 0 Å². The highest BCUT2D eigenvalue weighted by atomic mass is 16.2. The molecule has 1 aromatic heterocycles. The fraction of sp³-hybridized carbons (Fsp3) is 0.286. The number of carbonyl (C=O) groups is 2. The molecule has 1 atom stereocenters. The Morgan fingerprint density at radius 2 is 2.10 bits per heavy atom. The molecule has 0 bridgehead atoms. The molecule has 1 aliphatic rings. The minimum Gasteiger partial charge on any atom is -0.295 e. The normalized spacial score (nSPS) is 19.1. The second kappa shape index (κ2) is 4.56. The molecule has 0 unspecified atom stereocenters. The highest BCUT2D eigenvalue weighted by molar-refractivity contribution is 5.99. The predicted octanol–water partition coefficient (Wildman–Crippen LogP) is 0.683. The smallest absolute Gasteiger partial charge is 0.262 e. The third-order valence-electron chi connectivity index (χ3n) is 3.57. The van der Waals surface area contributed by atoms with Crippen molar-refractivity contribution in [2.75, 3.05) is 0 Å². The van der Waals surface area contributed by atoms with Gasteiger partial charge < -0.3 is 0 Å². The van der Waals surface area contributed by atoms with Crippen molar-refractivity contribution in [3.8, 4) is 0 Å². The Hall–Kier alpha value is -2.50. The van der Waals surface area contributed by atoms with E-state index in [-0.39, 0.29) is 17.9 Å². The Kier molecular flexibility index (Phi) is 2.85. The summed E-state index contributed by atoms with van der Waals surface area (Å²) in [7, 11) is 0. The molecule has 3 rings (SSSR count). The van der Waals surface area contributed by atoms with Gasteiger partial charge in [0.15, 0.2) is 0 Å². The first-order chi connectivity index (χ1) is 9.58. The van der Waals surface area contributed by atoms with Crippen LogP contribution in [0, 0.1) is 6.92 Å². The molecular weight excluding hydrogens is 258 g/mol. The number of amides is 2. The summed E-state index contributed by atoms with van der Waals surface area (Å²) in [4.78, 5) is 39.8. The van der Waals surface area contributed by atoms with E-state index in [4.69, 9.17) is 0 Å². The van der Waals surface area contributed by atoms with Crippen molar-refractivity contribution >= 4 is 22.7 Å². The van der Waals surface area contributed by atoms with Gasteiger partial charge in [-0.3, -0.25) is 24.3 Å². The molecule has 102 valence electrons. The first kappa shape index (κ1) is 12.5. The van der Waals surface area contributed by atoms with E-state index in [0.29, 0.717) is 17.3 Å². The first-order valence-corrected chi connectivity index (χ1v) is 6.38. The van der Waals surface area contributed by atoms with E-state index in [1.54, 1.807) is 6.07 Å². The van der Waals surface area contributed by atoms with Gasteiger partial charge in [-0.2, -0.15) is 0 Å². The van der Waals surface area contributed by atoms with Crippen molar-refractivity contribution < 1.29 is 9.59 Å². The van der Waals surface area contributed by atoms with Crippen LogP contribution in [0.25, 0.3) is 10.9 Å². The summed E-state index contributed by atoms with van der Waals surface area (Å²) in [5, 5.41) is 2.77. The van der Waals surface area contributed by atoms with Crippen LogP contribution in [0.4, 0.5) is 0 Å². The zero-order chi connectivity index (χ0) is 14.3. The fourth-order valence-electron chi connectivity index (χ4n) is 2.51. The molecule has 2 aromatic rings. The maximum absolute atomic E-state index is 12.5. The van der Waals surface area contributed by atoms with Gasteiger partial charge in [0.2, 0.25) is 11.8 Å². The minimum absolute atomic E-state index is 0.231. The molecule has 0 spiro atoms. The SMILES string of the molecule is Cc1cccc2ncn([C@H]3CCC(=O)NC3=O)c(=O)c12. The van der Waals surface area contributed by atoms with Gasteiger partial charge in [-0.15, -0.1) is 0 Å². The van der Waals surface area contributed by atoms with Crippen molar-refractivity contribution in [1.82, 2.24) is 14.9 Å². The van der Waals surface area contributed by atoms with Crippen LogP contribution in [0.5, 0.6) is 0 Å². The van der Waals surface area contributed by atoms with Crippen LogP contribution in [-0.2, 0) is 9.59 Å². The van der Waals surface area contributed by atoms with Crippen LogP contribution in [0.15, 0.2) is 29.3 Å². The summed E-state index contributed by atoms with van der Waals surface area (Å²) in [5.41, 5.74) is 1.18. The molecule has 0 saturated carbocycles. The number of aryl methyl sites for hydroxylation is 1. The molecule has 2 amide bonds. The van der Waals surface area contributed by atoms with Gasteiger partial charge in [-0.05, 0) is 25.0 Å². The number of imide groups is 1. The van der Waals surface area contributed by atoms with Crippen molar-refractivity contribution in [1.29, 1.82) is 0 Å². The fourth-order valence-corrected chi connectivity index (χ4v) is 2.51. The molecule has 1 aliphatic heterocycles. The molecule has 1 aromatic carbocycles. The summed E-state index contributed by atoms with van der Waals surface area (Å²) in [6.45, 7) is 1.83. The number of hydrogen-bond acceptors (Lipinski definition) is 4. The lowest BCUT2D eigenvalue weighted by Crippen LogP contribution is -2.44. The lowest BCUT2D eigenvalue weighted by atomic mass is 10.1. The Bertz CT molecular complexity index is 779. The third kappa shape index (κ3) is 1.89. The number of benzene rings is 1. The number of hydrogen-bond donors (Lipinski definition) is 1. The van der Waals surface area contributed by atoms with Crippen LogP contribution in [0.1, 0.15) is 24.4 Å². The number of nitrogens with zero attached hydrogens (tertiary/aromatic N) is 2. The highest BCUT2D eigenvalue weighted by Gasteiger charge is 2.29. The standard InChI is InChI=1S/C14H13N3O3/c1-8-3-2-4-9-12(8)14(20)17(7-15-9)10-5-6-11(18)16-13(10)19/h2-4,7,10H,5-6H2,1H3,(H,16,18,19)/t10-/m0/s1. The number of rotatable bonds is 1. The summed E-state index contributed by atoms with van der Waals surface area (Å²) >= 11 is 0. The number of fused-ring (bicyclic) bond motifs is 1. The van der Waals surface area contributed by atoms with Gasteiger partial charge in [-0.25, -0.2) is 4.98 Å². The zero-order valence-electron chi connectivity index (χ0n) is 10.9. The quantitative estimate of drug-likeness (QED) is 0.773. The topological polar surface area (TPSA) is 81.1 Å². The molecule has 0 aliphatic carbocycles. The molecule has 6 nitrogen and oxygen atoms in total. The van der Waals surface area contributed by atoms with E-state index in [2.05, 4.69) is 10.3 Å². The molecular formula is C14H13N3O3. The predicted molar refractivity (Wildman–Crippen MR) is 72.2 cm³/mol. The van der Waals surface area contributed by atoms with Crippen molar-refractivity contribution in [2.45, 2.75) is 25.8 Å². The summed E-state index contributed by atoms with van der Waals surface area (Å²) < 4.78 is 1.32. The van der Waals surface area contributed by atoms with Crippen LogP contribution in [0.3, 0.4) is 0 Å². The van der Waals surface area contributed by atoms with Crippen LogP contribution in [0.2, 0.25) is 0 Å². The zero-order valence-corrected chi connectivity index (χ0v) is 10.9. The second-order valence-corrected chi connectivity index (χ2v) is 4.89. The average molecular weight is 271 g/mol. The van der Waals surface area contributed by atoms with E-state index in [9.17, 15) is 14.4 Å². The summed E-state index contributed by atoms with van der Waals surface area (Å²) in [5.74, 6) is -0.748. The minimum atomic E-state index is -0.670. The Morgan fingerprint density at radius 1 is 1.30 bits per heavy atom. The van der Waals surface area contributed by atoms with Gasteiger partial charge in [0.1, 0.15) is 6.04 Å². The lowest BCUT2D eigenvalue weighted by Gasteiger charge is -2.22. The molecule has 1 saturated heterocycles. The van der Waals surface area contributed by atoms with Gasteiger partial charge in [0, 0.05) is 6.42 Å². The van der Waals surface area contributed by atoms with Crippen LogP contribution in [-0.4, -0.2) is 21.4 Å². The molecule has 2 heterocycles.